The molecule has 2 aromatic heterocycles. The predicted octanol–water partition coefficient (Wildman–Crippen LogP) is 4.80. The third-order valence-corrected chi connectivity index (χ3v) is 7.79. The summed E-state index contributed by atoms with van der Waals surface area (Å²) in [4.78, 5) is 19.5. The van der Waals surface area contributed by atoms with Crippen LogP contribution in [0.1, 0.15) is 21.7 Å². The third kappa shape index (κ3) is 5.03. The van der Waals surface area contributed by atoms with Crippen molar-refractivity contribution in [2.24, 2.45) is 0 Å². The quantitative estimate of drug-likeness (QED) is 0.330. The largest absolute Gasteiger partial charge is 0.353 e. The van der Waals surface area contributed by atoms with Crippen LogP contribution in [-0.4, -0.2) is 62.9 Å². The monoisotopic (exact) mass is 523 g/mol. The number of hydrogen-bond donors (Lipinski definition) is 1. The maximum absolute atomic E-state index is 13.1. The molecule has 0 spiro atoms. The molecule has 1 amide bonds. The van der Waals surface area contributed by atoms with Gasteiger partial charge in [-0.3, -0.25) is 9.69 Å². The van der Waals surface area contributed by atoms with E-state index in [1.165, 1.54) is 14.9 Å². The van der Waals surface area contributed by atoms with Crippen molar-refractivity contribution in [1.29, 1.82) is 0 Å². The van der Waals surface area contributed by atoms with Gasteiger partial charge in [0.15, 0.2) is 5.69 Å². The molecule has 1 N–H and O–H groups in total. The average Bonchev–Trinajstić information content (AvgIpc) is 3.57. The van der Waals surface area contributed by atoms with E-state index in [-0.39, 0.29) is 5.91 Å². The van der Waals surface area contributed by atoms with Gasteiger partial charge in [0, 0.05) is 43.8 Å². The molecule has 3 aromatic carbocycles. The second-order valence-corrected chi connectivity index (χ2v) is 10.3. The van der Waals surface area contributed by atoms with Gasteiger partial charge >= 0.3 is 0 Å². The normalized spacial score (nSPS) is 14.2. The zero-order valence-electron chi connectivity index (χ0n) is 21.2. The fraction of sp³-hybridized carbons (Fsp3) is 0.241. The maximum Gasteiger partial charge on any atom is 0.278 e. The van der Waals surface area contributed by atoms with Crippen LogP contribution in [0.4, 0.5) is 11.5 Å². The van der Waals surface area contributed by atoms with Crippen molar-refractivity contribution in [2.75, 3.05) is 42.9 Å². The number of anilines is 2. The molecule has 8 nitrogen and oxygen atoms in total. The van der Waals surface area contributed by atoms with E-state index in [1.807, 2.05) is 48.5 Å². The number of amides is 1. The number of fused-ring (bicyclic) bond motifs is 1. The zero-order chi connectivity index (χ0) is 25.9. The van der Waals surface area contributed by atoms with E-state index < -0.39 is 0 Å². The minimum Gasteiger partial charge on any atom is -0.353 e. The molecular formula is C29H29N7OS. The Morgan fingerprint density at radius 1 is 0.895 bits per heavy atom. The molecule has 0 saturated carbocycles. The van der Waals surface area contributed by atoms with Gasteiger partial charge in [-0.05, 0) is 60.8 Å². The summed E-state index contributed by atoms with van der Waals surface area (Å²) in [5, 5.41) is 13.2. The van der Waals surface area contributed by atoms with Gasteiger partial charge in [-0.15, -0.1) is 5.10 Å². The highest BCUT2D eigenvalue weighted by Gasteiger charge is 2.21. The molecule has 0 atom stereocenters. The summed E-state index contributed by atoms with van der Waals surface area (Å²) in [6.07, 6.45) is 0.853. The van der Waals surface area contributed by atoms with Crippen LogP contribution in [0.5, 0.6) is 0 Å². The highest BCUT2D eigenvalue weighted by molar-refractivity contribution is 7.13. The van der Waals surface area contributed by atoms with Crippen LogP contribution in [-0.2, 0) is 6.42 Å². The molecule has 38 heavy (non-hydrogen) atoms. The van der Waals surface area contributed by atoms with Gasteiger partial charge in [0.05, 0.1) is 16.1 Å². The van der Waals surface area contributed by atoms with Crippen molar-refractivity contribution in [1.82, 2.24) is 24.3 Å². The smallest absolute Gasteiger partial charge is 0.278 e. The van der Waals surface area contributed by atoms with Crippen LogP contribution >= 0.6 is 11.5 Å². The summed E-state index contributed by atoms with van der Waals surface area (Å²) in [7, 11) is 0. The lowest BCUT2D eigenvalue weighted by Crippen LogP contribution is -2.47. The maximum atomic E-state index is 13.1. The number of benzene rings is 3. The summed E-state index contributed by atoms with van der Waals surface area (Å²) < 4.78 is 5.96. The molecule has 1 aliphatic heterocycles. The van der Waals surface area contributed by atoms with Crippen molar-refractivity contribution < 1.29 is 4.79 Å². The average molecular weight is 524 g/mol. The Bertz CT molecular complexity index is 1550. The minimum atomic E-state index is -0.249. The van der Waals surface area contributed by atoms with Gasteiger partial charge in [-0.2, -0.15) is 14.3 Å². The van der Waals surface area contributed by atoms with Gasteiger partial charge in [-0.1, -0.05) is 48.5 Å². The van der Waals surface area contributed by atoms with Gasteiger partial charge in [0.2, 0.25) is 0 Å². The molecule has 0 radical (unpaired) electrons. The number of nitrogens with one attached hydrogen (secondary N) is 1. The lowest BCUT2D eigenvalue weighted by molar-refractivity contribution is 0.102. The third-order valence-electron chi connectivity index (χ3n) is 6.98. The van der Waals surface area contributed by atoms with Crippen LogP contribution < -0.4 is 10.2 Å². The Labute approximate surface area is 225 Å². The van der Waals surface area contributed by atoms with Gasteiger partial charge in [0.25, 0.3) is 5.91 Å². The summed E-state index contributed by atoms with van der Waals surface area (Å²) in [6.45, 7) is 6.64. The van der Waals surface area contributed by atoms with Gasteiger partial charge in [-0.25, -0.2) is 0 Å². The fourth-order valence-corrected chi connectivity index (χ4v) is 5.67. The molecule has 1 fully saturated rings. The van der Waals surface area contributed by atoms with Crippen molar-refractivity contribution in [2.45, 2.75) is 13.3 Å². The Kier molecular flexibility index (Phi) is 6.85. The van der Waals surface area contributed by atoms with Crippen molar-refractivity contribution in [3.63, 3.8) is 0 Å². The Morgan fingerprint density at radius 2 is 1.63 bits per heavy atom. The summed E-state index contributed by atoms with van der Waals surface area (Å²) in [5.41, 5.74) is 3.67. The second-order valence-electron chi connectivity index (χ2n) is 9.45. The first-order valence-corrected chi connectivity index (χ1v) is 13.6. The van der Waals surface area contributed by atoms with Crippen LogP contribution in [0, 0.1) is 6.92 Å². The van der Waals surface area contributed by atoms with E-state index in [4.69, 9.17) is 4.37 Å². The molecule has 5 aromatic rings. The van der Waals surface area contributed by atoms with Crippen LogP contribution in [0.25, 0.3) is 15.8 Å². The van der Waals surface area contributed by atoms with E-state index in [0.717, 1.165) is 61.9 Å². The topological polar surface area (TPSA) is 79.2 Å². The molecular weight excluding hydrogens is 494 g/mol. The van der Waals surface area contributed by atoms with Crippen LogP contribution in [0.15, 0.2) is 78.9 Å². The van der Waals surface area contributed by atoms with Crippen LogP contribution in [0.2, 0.25) is 0 Å². The van der Waals surface area contributed by atoms with Crippen LogP contribution in [0.3, 0.4) is 0 Å². The fourth-order valence-electron chi connectivity index (χ4n) is 4.87. The standard InChI is InChI=1S/C29H29N7OS/c1-21-27(32-36(31-21)23-10-3-2-4-11-23)29(37)30-25-13-7-5-9-22(25)15-16-34-17-19-35(20-18-34)28-24-12-6-8-14-26(24)38-33-28/h2-14H,15-20H2,1H3,(H,30,37). The van der Waals surface area contributed by atoms with Crippen molar-refractivity contribution in [3.8, 4) is 5.69 Å². The number of hydrogen-bond acceptors (Lipinski definition) is 7. The number of carbonyl (C=O) groups excluding carboxylic acids is 1. The number of carbonyl (C=O) groups is 1. The van der Waals surface area contributed by atoms with E-state index >= 15 is 0 Å². The molecule has 1 saturated heterocycles. The molecule has 6 rings (SSSR count). The molecule has 0 bridgehead atoms. The van der Waals surface area contributed by atoms with Gasteiger partial charge in [0.1, 0.15) is 5.82 Å². The number of piperazine rings is 1. The zero-order valence-corrected chi connectivity index (χ0v) is 22.1. The molecule has 0 aliphatic carbocycles. The van der Waals surface area contributed by atoms with E-state index in [2.05, 4.69) is 55.6 Å². The summed E-state index contributed by atoms with van der Waals surface area (Å²) in [6, 6.07) is 26.1. The summed E-state index contributed by atoms with van der Waals surface area (Å²) >= 11 is 1.57. The number of para-hydroxylation sites is 2. The van der Waals surface area contributed by atoms with Crippen molar-refractivity contribution >= 4 is 39.0 Å². The first kappa shape index (κ1) is 24.3. The second kappa shape index (κ2) is 10.7. The Morgan fingerprint density at radius 3 is 2.47 bits per heavy atom. The summed E-state index contributed by atoms with van der Waals surface area (Å²) in [5.74, 6) is 0.860. The number of rotatable bonds is 7. The van der Waals surface area contributed by atoms with Crippen molar-refractivity contribution in [3.05, 3.63) is 95.8 Å². The molecule has 192 valence electrons. The minimum absolute atomic E-state index is 0.249. The highest BCUT2D eigenvalue weighted by atomic mass is 32.1. The molecule has 3 heterocycles. The predicted molar refractivity (Wildman–Crippen MR) is 152 cm³/mol. The Hall–Kier alpha value is -4.08. The SMILES string of the molecule is Cc1nn(-c2ccccc2)nc1C(=O)Nc1ccccc1CCN1CCN(c2nsc3ccccc23)CC1. The number of aromatic nitrogens is 4. The molecule has 1 aliphatic rings. The van der Waals surface area contributed by atoms with Gasteiger partial charge < -0.3 is 10.2 Å². The Balaban J connectivity index is 1.08. The lowest BCUT2D eigenvalue weighted by atomic mass is 10.1. The van der Waals surface area contributed by atoms with E-state index in [9.17, 15) is 4.79 Å². The number of nitrogens with zero attached hydrogens (tertiary/aromatic N) is 6. The molecule has 9 heteroatoms. The van der Waals surface area contributed by atoms with E-state index in [0.29, 0.717) is 11.4 Å². The number of aryl methyl sites for hydroxylation is 1. The first-order valence-electron chi connectivity index (χ1n) is 12.9. The first-order chi connectivity index (χ1) is 18.7. The molecule has 0 unspecified atom stereocenters. The lowest BCUT2D eigenvalue weighted by Gasteiger charge is -2.35. The highest BCUT2D eigenvalue weighted by Crippen LogP contribution is 2.30. The van der Waals surface area contributed by atoms with E-state index in [1.54, 1.807) is 18.5 Å².